The van der Waals surface area contributed by atoms with E-state index >= 15 is 0 Å². The second-order valence-corrected chi connectivity index (χ2v) is 4.67. The Morgan fingerprint density at radius 3 is 2.83 bits per heavy atom. The number of carboxylic acids is 1. The normalized spacial score (nSPS) is 10.3. The predicted molar refractivity (Wildman–Crippen MR) is 68.3 cm³/mol. The van der Waals surface area contributed by atoms with Gasteiger partial charge in [0.25, 0.3) is 5.91 Å². The van der Waals surface area contributed by atoms with Gasteiger partial charge in [-0.3, -0.25) is 9.59 Å². The van der Waals surface area contributed by atoms with Crippen LogP contribution in [0.5, 0.6) is 5.75 Å². The summed E-state index contributed by atoms with van der Waals surface area (Å²) in [4.78, 5) is 22.5. The van der Waals surface area contributed by atoms with Crippen molar-refractivity contribution in [2.24, 2.45) is 0 Å². The molecule has 2 aromatic rings. The molecule has 0 unspecified atom stereocenters. The number of carboxylic acid groups (broad SMARTS) is 1. The van der Waals surface area contributed by atoms with Gasteiger partial charge in [0.05, 0.1) is 12.0 Å². The highest BCUT2D eigenvalue weighted by molar-refractivity contribution is 7.20. The molecule has 1 amide bonds. The van der Waals surface area contributed by atoms with Gasteiger partial charge >= 0.3 is 5.97 Å². The Kier molecular flexibility index (Phi) is 3.47. The number of carbonyl (C=O) groups is 2. The van der Waals surface area contributed by atoms with Crippen molar-refractivity contribution >= 4 is 33.3 Å². The molecule has 18 heavy (non-hydrogen) atoms. The lowest BCUT2D eigenvalue weighted by Crippen LogP contribution is -2.28. The first kappa shape index (κ1) is 12.4. The van der Waals surface area contributed by atoms with Crippen molar-refractivity contribution in [1.82, 2.24) is 5.32 Å². The van der Waals surface area contributed by atoms with Crippen molar-refractivity contribution in [3.8, 4) is 5.75 Å². The summed E-state index contributed by atoms with van der Waals surface area (Å²) in [5.74, 6) is -0.721. The van der Waals surface area contributed by atoms with E-state index < -0.39 is 5.97 Å². The molecule has 0 aliphatic heterocycles. The Morgan fingerprint density at radius 1 is 1.39 bits per heavy atom. The molecule has 0 bridgehead atoms. The quantitative estimate of drug-likeness (QED) is 0.882. The van der Waals surface area contributed by atoms with Gasteiger partial charge in [0.15, 0.2) is 0 Å². The molecular formula is C12H11NO4S. The second kappa shape index (κ2) is 5.05. The van der Waals surface area contributed by atoms with Gasteiger partial charge in [-0.15, -0.1) is 11.3 Å². The molecule has 6 heteroatoms. The van der Waals surface area contributed by atoms with Crippen molar-refractivity contribution in [2.75, 3.05) is 13.7 Å². The SMILES string of the molecule is COc1ccc2sc(C(=O)NCC(=O)O)cc2c1. The van der Waals surface area contributed by atoms with Crippen LogP contribution in [0.2, 0.25) is 0 Å². The van der Waals surface area contributed by atoms with Gasteiger partial charge in [0, 0.05) is 4.70 Å². The third-order valence-electron chi connectivity index (χ3n) is 2.35. The van der Waals surface area contributed by atoms with Crippen LogP contribution in [0.4, 0.5) is 0 Å². The van der Waals surface area contributed by atoms with Crippen LogP contribution in [0.25, 0.3) is 10.1 Å². The number of benzene rings is 1. The van der Waals surface area contributed by atoms with Crippen LogP contribution in [0.3, 0.4) is 0 Å². The smallest absolute Gasteiger partial charge is 0.322 e. The number of rotatable bonds is 4. The number of ether oxygens (including phenoxy) is 1. The van der Waals surface area contributed by atoms with E-state index in [1.807, 2.05) is 18.2 Å². The molecule has 1 heterocycles. The minimum Gasteiger partial charge on any atom is -0.497 e. The Morgan fingerprint density at radius 2 is 2.17 bits per heavy atom. The number of nitrogens with one attached hydrogen (secondary N) is 1. The zero-order valence-electron chi connectivity index (χ0n) is 9.60. The number of hydrogen-bond donors (Lipinski definition) is 2. The van der Waals surface area contributed by atoms with Gasteiger partial charge in [-0.2, -0.15) is 0 Å². The van der Waals surface area contributed by atoms with E-state index in [2.05, 4.69) is 5.32 Å². The minimum absolute atomic E-state index is 0.377. The molecule has 94 valence electrons. The van der Waals surface area contributed by atoms with Crippen molar-refractivity contribution in [2.45, 2.75) is 0 Å². The molecule has 0 radical (unpaired) electrons. The second-order valence-electron chi connectivity index (χ2n) is 3.59. The maximum atomic E-state index is 11.7. The Labute approximate surface area is 107 Å². The molecular weight excluding hydrogens is 254 g/mol. The molecule has 0 aliphatic rings. The van der Waals surface area contributed by atoms with Gasteiger partial charge in [-0.25, -0.2) is 0 Å². The molecule has 1 aromatic heterocycles. The van der Waals surface area contributed by atoms with Crippen LogP contribution >= 0.6 is 11.3 Å². The average Bonchev–Trinajstić information content (AvgIpc) is 2.78. The fourth-order valence-corrected chi connectivity index (χ4v) is 2.46. The largest absolute Gasteiger partial charge is 0.497 e. The standard InChI is InChI=1S/C12H11NO4S/c1-17-8-2-3-9-7(4-8)5-10(18-9)12(16)13-6-11(14)15/h2-5H,6H2,1H3,(H,13,16)(H,14,15). The fourth-order valence-electron chi connectivity index (χ4n) is 1.50. The Balaban J connectivity index is 2.24. The van der Waals surface area contributed by atoms with Crippen molar-refractivity contribution < 1.29 is 19.4 Å². The van der Waals surface area contributed by atoms with Crippen molar-refractivity contribution in [3.05, 3.63) is 29.1 Å². The van der Waals surface area contributed by atoms with E-state index in [1.165, 1.54) is 11.3 Å². The van der Waals surface area contributed by atoms with Gasteiger partial charge in [-0.1, -0.05) is 0 Å². The summed E-state index contributed by atoms with van der Waals surface area (Å²) in [6.07, 6.45) is 0. The van der Waals surface area contributed by atoms with Crippen LogP contribution in [-0.4, -0.2) is 30.6 Å². The Hall–Kier alpha value is -2.08. The molecule has 0 spiro atoms. The summed E-state index contributed by atoms with van der Waals surface area (Å²) in [5.41, 5.74) is 0. The third kappa shape index (κ3) is 2.60. The molecule has 1 aromatic carbocycles. The van der Waals surface area contributed by atoms with E-state index in [0.29, 0.717) is 4.88 Å². The fraction of sp³-hybridized carbons (Fsp3) is 0.167. The lowest BCUT2D eigenvalue weighted by atomic mass is 10.2. The zero-order valence-corrected chi connectivity index (χ0v) is 10.4. The molecule has 0 aliphatic carbocycles. The average molecular weight is 265 g/mol. The first-order chi connectivity index (χ1) is 8.60. The number of aliphatic carboxylic acids is 1. The maximum Gasteiger partial charge on any atom is 0.322 e. The van der Waals surface area contributed by atoms with Crippen molar-refractivity contribution in [3.63, 3.8) is 0 Å². The lowest BCUT2D eigenvalue weighted by molar-refractivity contribution is -0.135. The monoisotopic (exact) mass is 265 g/mol. The summed E-state index contributed by atoms with van der Waals surface area (Å²) in [5, 5.41) is 11.7. The number of amides is 1. The number of fused-ring (bicyclic) bond motifs is 1. The highest BCUT2D eigenvalue weighted by Gasteiger charge is 2.11. The zero-order chi connectivity index (χ0) is 13.1. The molecule has 0 saturated carbocycles. The molecule has 0 atom stereocenters. The van der Waals surface area contributed by atoms with Crippen LogP contribution in [0.15, 0.2) is 24.3 Å². The highest BCUT2D eigenvalue weighted by Crippen LogP contribution is 2.28. The first-order valence-electron chi connectivity index (χ1n) is 5.17. The van der Waals surface area contributed by atoms with Gasteiger partial charge in [0.1, 0.15) is 12.3 Å². The summed E-state index contributed by atoms with van der Waals surface area (Å²) < 4.78 is 6.05. The molecule has 0 fully saturated rings. The highest BCUT2D eigenvalue weighted by atomic mass is 32.1. The summed E-state index contributed by atoms with van der Waals surface area (Å²) >= 11 is 1.32. The van der Waals surface area contributed by atoms with Crippen LogP contribution in [0.1, 0.15) is 9.67 Å². The predicted octanol–water partition coefficient (Wildman–Crippen LogP) is 1.72. The van der Waals surface area contributed by atoms with E-state index in [1.54, 1.807) is 13.2 Å². The molecule has 2 N–H and O–H groups in total. The van der Waals surface area contributed by atoms with E-state index in [0.717, 1.165) is 15.8 Å². The minimum atomic E-state index is -1.06. The van der Waals surface area contributed by atoms with Crippen molar-refractivity contribution in [1.29, 1.82) is 0 Å². The molecule has 5 nitrogen and oxygen atoms in total. The number of carbonyl (C=O) groups excluding carboxylic acids is 1. The number of methoxy groups -OCH3 is 1. The molecule has 2 rings (SSSR count). The van der Waals surface area contributed by atoms with E-state index in [-0.39, 0.29) is 12.5 Å². The summed E-state index contributed by atoms with van der Waals surface area (Å²) in [6.45, 7) is -0.379. The topological polar surface area (TPSA) is 75.6 Å². The van der Waals surface area contributed by atoms with Crippen LogP contribution in [0, 0.1) is 0 Å². The van der Waals surface area contributed by atoms with Gasteiger partial charge in [0.2, 0.25) is 0 Å². The van der Waals surface area contributed by atoms with E-state index in [9.17, 15) is 9.59 Å². The van der Waals surface area contributed by atoms with Gasteiger partial charge < -0.3 is 15.2 Å². The van der Waals surface area contributed by atoms with Crippen LogP contribution < -0.4 is 10.1 Å². The Bertz CT molecular complexity index is 605. The molecule has 0 saturated heterocycles. The van der Waals surface area contributed by atoms with Gasteiger partial charge in [-0.05, 0) is 29.7 Å². The number of thiophene rings is 1. The summed E-state index contributed by atoms with van der Waals surface area (Å²) in [6, 6.07) is 7.24. The third-order valence-corrected chi connectivity index (χ3v) is 3.46. The maximum absolute atomic E-state index is 11.7. The lowest BCUT2D eigenvalue weighted by Gasteiger charge is -1.97. The van der Waals surface area contributed by atoms with Crippen LogP contribution in [-0.2, 0) is 4.79 Å². The first-order valence-corrected chi connectivity index (χ1v) is 5.99. The van der Waals surface area contributed by atoms with E-state index in [4.69, 9.17) is 9.84 Å². The number of hydrogen-bond acceptors (Lipinski definition) is 4. The summed E-state index contributed by atoms with van der Waals surface area (Å²) in [7, 11) is 1.58.